The molecule has 0 bridgehead atoms. The number of nitrogens with zero attached hydrogens (tertiary/aromatic N) is 4. The molecule has 1 aromatic heterocycles. The fourth-order valence-electron chi connectivity index (χ4n) is 2.78. The Balaban J connectivity index is 1.53. The molecule has 0 atom stereocenters. The van der Waals surface area contributed by atoms with Gasteiger partial charge in [0.15, 0.2) is 5.82 Å². The van der Waals surface area contributed by atoms with E-state index in [4.69, 9.17) is 4.74 Å². The van der Waals surface area contributed by atoms with Crippen molar-refractivity contribution in [3.8, 4) is 5.75 Å². The van der Waals surface area contributed by atoms with Gasteiger partial charge in [0, 0.05) is 20.1 Å². The second-order valence-corrected chi connectivity index (χ2v) is 5.88. The molecule has 0 radical (unpaired) electrons. The Morgan fingerprint density at radius 2 is 2.12 bits per heavy atom. The van der Waals surface area contributed by atoms with Gasteiger partial charge in [0.05, 0.1) is 13.2 Å². The molecular weight excluding hydrogens is 318 g/mol. The Hall–Kier alpha value is -2.83. The number of carbonyl (C=O) groups is 1. The molecule has 1 aliphatic rings. The molecule has 0 saturated heterocycles. The highest BCUT2D eigenvalue weighted by atomic mass is 16.5. The van der Waals surface area contributed by atoms with Crippen LogP contribution in [0.15, 0.2) is 36.7 Å². The Morgan fingerprint density at radius 1 is 1.32 bits per heavy atom. The molecule has 7 heteroatoms. The van der Waals surface area contributed by atoms with Crippen molar-refractivity contribution in [2.75, 3.05) is 19.7 Å². The number of urea groups is 1. The first-order valence-electron chi connectivity index (χ1n) is 8.45. The van der Waals surface area contributed by atoms with Crippen molar-refractivity contribution in [3.63, 3.8) is 0 Å². The van der Waals surface area contributed by atoms with Gasteiger partial charge in [0.25, 0.3) is 0 Å². The summed E-state index contributed by atoms with van der Waals surface area (Å²) in [7, 11) is 1.80. The normalized spacial score (nSPS) is 14.2. The van der Waals surface area contributed by atoms with Gasteiger partial charge in [0.1, 0.15) is 12.1 Å². The van der Waals surface area contributed by atoms with E-state index in [9.17, 15) is 4.79 Å². The lowest BCUT2D eigenvalue weighted by Crippen LogP contribution is -2.41. The SMILES string of the molecule is CCOc1ccc(C2=CCN(C(=O)NCc3ncn(C)n3)CC2)cc1. The maximum atomic E-state index is 12.2. The van der Waals surface area contributed by atoms with E-state index in [-0.39, 0.29) is 6.03 Å². The number of aromatic nitrogens is 3. The number of hydrogen-bond acceptors (Lipinski definition) is 4. The largest absolute Gasteiger partial charge is 0.494 e. The summed E-state index contributed by atoms with van der Waals surface area (Å²) in [5.74, 6) is 1.49. The average Bonchev–Trinajstić information content (AvgIpc) is 3.06. The van der Waals surface area contributed by atoms with Gasteiger partial charge in [-0.15, -0.1) is 0 Å². The van der Waals surface area contributed by atoms with E-state index in [2.05, 4.69) is 33.6 Å². The van der Waals surface area contributed by atoms with E-state index in [1.807, 2.05) is 19.1 Å². The molecule has 132 valence electrons. The van der Waals surface area contributed by atoms with Crippen molar-refractivity contribution in [3.05, 3.63) is 48.1 Å². The van der Waals surface area contributed by atoms with Gasteiger partial charge in [-0.3, -0.25) is 4.68 Å². The highest BCUT2D eigenvalue weighted by Gasteiger charge is 2.18. The van der Waals surface area contributed by atoms with Gasteiger partial charge in [-0.05, 0) is 36.6 Å². The minimum Gasteiger partial charge on any atom is -0.494 e. The van der Waals surface area contributed by atoms with Crippen LogP contribution in [0.1, 0.15) is 24.7 Å². The van der Waals surface area contributed by atoms with Crippen molar-refractivity contribution < 1.29 is 9.53 Å². The minimum absolute atomic E-state index is 0.0885. The van der Waals surface area contributed by atoms with Crippen molar-refractivity contribution in [2.45, 2.75) is 19.9 Å². The van der Waals surface area contributed by atoms with Crippen molar-refractivity contribution in [1.82, 2.24) is 25.0 Å². The summed E-state index contributed by atoms with van der Waals surface area (Å²) in [5.41, 5.74) is 2.44. The van der Waals surface area contributed by atoms with Crippen LogP contribution in [0.25, 0.3) is 5.57 Å². The summed E-state index contributed by atoms with van der Waals surface area (Å²) in [4.78, 5) is 18.1. The highest BCUT2D eigenvalue weighted by molar-refractivity contribution is 5.76. The van der Waals surface area contributed by atoms with Crippen LogP contribution in [0, 0.1) is 0 Å². The lowest BCUT2D eigenvalue weighted by Gasteiger charge is -2.26. The zero-order valence-corrected chi connectivity index (χ0v) is 14.6. The van der Waals surface area contributed by atoms with Gasteiger partial charge in [-0.1, -0.05) is 18.2 Å². The lowest BCUT2D eigenvalue weighted by atomic mass is 9.99. The third-order valence-electron chi connectivity index (χ3n) is 4.08. The fraction of sp³-hybridized carbons (Fsp3) is 0.389. The minimum atomic E-state index is -0.0885. The molecule has 7 nitrogen and oxygen atoms in total. The molecule has 0 saturated carbocycles. The van der Waals surface area contributed by atoms with Gasteiger partial charge in [-0.25, -0.2) is 9.78 Å². The van der Waals surface area contributed by atoms with Crippen LogP contribution in [0.2, 0.25) is 0 Å². The zero-order valence-electron chi connectivity index (χ0n) is 14.6. The summed E-state index contributed by atoms with van der Waals surface area (Å²) < 4.78 is 7.09. The Kier molecular flexibility index (Phi) is 5.33. The molecule has 2 amide bonds. The predicted molar refractivity (Wildman–Crippen MR) is 95.0 cm³/mol. The van der Waals surface area contributed by atoms with Crippen LogP contribution in [0.3, 0.4) is 0 Å². The Morgan fingerprint density at radius 3 is 2.72 bits per heavy atom. The van der Waals surface area contributed by atoms with Gasteiger partial charge >= 0.3 is 6.03 Å². The second kappa shape index (κ2) is 7.83. The number of rotatable bonds is 5. The van der Waals surface area contributed by atoms with Crippen molar-refractivity contribution >= 4 is 11.6 Å². The number of benzene rings is 1. The van der Waals surface area contributed by atoms with Gasteiger partial charge in [-0.2, -0.15) is 5.10 Å². The summed E-state index contributed by atoms with van der Waals surface area (Å²) in [6.45, 7) is 4.28. The number of ether oxygens (including phenoxy) is 1. The molecular formula is C18H23N5O2. The molecule has 1 N–H and O–H groups in total. The summed E-state index contributed by atoms with van der Waals surface area (Å²) >= 11 is 0. The van der Waals surface area contributed by atoms with E-state index in [1.54, 1.807) is 23.0 Å². The molecule has 2 aromatic rings. The number of carbonyl (C=O) groups excluding carboxylic acids is 1. The van der Waals surface area contributed by atoms with E-state index >= 15 is 0 Å². The van der Waals surface area contributed by atoms with Crippen LogP contribution in [0.5, 0.6) is 5.75 Å². The van der Waals surface area contributed by atoms with E-state index in [0.29, 0.717) is 32.1 Å². The third-order valence-corrected chi connectivity index (χ3v) is 4.08. The summed E-state index contributed by atoms with van der Waals surface area (Å²) in [6.07, 6.45) is 4.56. The van der Waals surface area contributed by atoms with E-state index in [0.717, 1.165) is 12.2 Å². The summed E-state index contributed by atoms with van der Waals surface area (Å²) in [5, 5.41) is 7.01. The fourth-order valence-corrected chi connectivity index (χ4v) is 2.78. The predicted octanol–water partition coefficient (Wildman–Crippen LogP) is 2.21. The topological polar surface area (TPSA) is 72.3 Å². The van der Waals surface area contributed by atoms with Crippen molar-refractivity contribution in [2.24, 2.45) is 7.05 Å². The van der Waals surface area contributed by atoms with E-state index < -0.39 is 0 Å². The first-order valence-corrected chi connectivity index (χ1v) is 8.45. The Bertz CT molecular complexity index is 751. The quantitative estimate of drug-likeness (QED) is 0.905. The smallest absolute Gasteiger partial charge is 0.318 e. The molecule has 25 heavy (non-hydrogen) atoms. The van der Waals surface area contributed by atoms with Crippen LogP contribution >= 0.6 is 0 Å². The molecule has 0 fully saturated rings. The first kappa shape index (κ1) is 17.0. The number of hydrogen-bond donors (Lipinski definition) is 1. The van der Waals surface area contributed by atoms with E-state index in [1.165, 1.54) is 11.1 Å². The molecule has 1 aromatic carbocycles. The maximum absolute atomic E-state index is 12.2. The van der Waals surface area contributed by atoms with Crippen molar-refractivity contribution in [1.29, 1.82) is 0 Å². The van der Waals surface area contributed by atoms with Crippen LogP contribution < -0.4 is 10.1 Å². The molecule has 0 spiro atoms. The molecule has 0 unspecified atom stereocenters. The number of amides is 2. The molecule has 2 heterocycles. The second-order valence-electron chi connectivity index (χ2n) is 5.88. The average molecular weight is 341 g/mol. The third kappa shape index (κ3) is 4.37. The zero-order chi connectivity index (χ0) is 17.6. The number of nitrogens with one attached hydrogen (secondary N) is 1. The monoisotopic (exact) mass is 341 g/mol. The van der Waals surface area contributed by atoms with Gasteiger partial charge in [0.2, 0.25) is 0 Å². The lowest BCUT2D eigenvalue weighted by molar-refractivity contribution is 0.202. The maximum Gasteiger partial charge on any atom is 0.318 e. The molecule has 1 aliphatic heterocycles. The van der Waals surface area contributed by atoms with Crippen LogP contribution in [0.4, 0.5) is 4.79 Å². The first-order chi connectivity index (χ1) is 12.2. The van der Waals surface area contributed by atoms with Gasteiger partial charge < -0.3 is 15.0 Å². The number of aryl methyl sites for hydroxylation is 1. The summed E-state index contributed by atoms with van der Waals surface area (Å²) in [6, 6.07) is 8.02. The molecule has 0 aliphatic carbocycles. The standard InChI is InChI=1S/C18H23N5O2/c1-3-25-16-6-4-14(5-7-16)15-8-10-23(11-9-15)18(24)19-12-17-20-13-22(2)21-17/h4-8,13H,3,9-12H2,1-2H3,(H,19,24). The van der Waals surface area contributed by atoms with Crippen LogP contribution in [-0.2, 0) is 13.6 Å². The Labute approximate surface area is 147 Å². The van der Waals surface area contributed by atoms with Crippen LogP contribution in [-0.4, -0.2) is 45.4 Å². The molecule has 3 rings (SSSR count). The highest BCUT2D eigenvalue weighted by Crippen LogP contribution is 2.24.